The van der Waals surface area contributed by atoms with E-state index in [1.807, 2.05) is 0 Å². The summed E-state index contributed by atoms with van der Waals surface area (Å²) in [5, 5.41) is 14.1. The summed E-state index contributed by atoms with van der Waals surface area (Å²) in [5.74, 6) is -0.699. The molecule has 0 saturated carbocycles. The normalized spacial score (nSPS) is 10.6. The van der Waals surface area contributed by atoms with Crippen molar-refractivity contribution in [2.24, 2.45) is 0 Å². The molecule has 0 spiro atoms. The van der Waals surface area contributed by atoms with Gasteiger partial charge < -0.3 is 10.1 Å². The first kappa shape index (κ1) is 13.0. The van der Waals surface area contributed by atoms with Crippen LogP contribution in [0.1, 0.15) is 9.67 Å². The number of rotatable bonds is 4. The first-order valence-electron chi connectivity index (χ1n) is 4.63. The molecule has 9 heteroatoms. The molecule has 2 aromatic rings. The fourth-order valence-electron chi connectivity index (χ4n) is 1.28. The molecular formula is C9H5Cl2N3O3S. The monoisotopic (exact) mass is 305 g/mol. The molecule has 18 heavy (non-hydrogen) atoms. The van der Waals surface area contributed by atoms with E-state index >= 15 is 0 Å². The summed E-state index contributed by atoms with van der Waals surface area (Å²) in [6, 6.07) is 3.20. The molecule has 0 aliphatic heterocycles. The van der Waals surface area contributed by atoms with Crippen molar-refractivity contribution >= 4 is 46.1 Å². The van der Waals surface area contributed by atoms with E-state index in [4.69, 9.17) is 23.2 Å². The van der Waals surface area contributed by atoms with E-state index in [2.05, 4.69) is 5.10 Å². The highest BCUT2D eigenvalue weighted by Gasteiger charge is 2.21. The van der Waals surface area contributed by atoms with Crippen LogP contribution in [-0.2, 0) is 6.54 Å². The second-order valence-electron chi connectivity index (χ2n) is 3.28. The molecule has 0 N–H and O–H groups in total. The molecule has 0 atom stereocenters. The van der Waals surface area contributed by atoms with Crippen molar-refractivity contribution in [3.05, 3.63) is 42.7 Å². The lowest BCUT2D eigenvalue weighted by Crippen LogP contribution is -2.09. The maximum atomic E-state index is 11.8. The molecule has 0 unspecified atom stereocenters. The fraction of sp³-hybridized carbons (Fsp3) is 0.111. The Kier molecular flexibility index (Phi) is 3.65. The van der Waals surface area contributed by atoms with Gasteiger partial charge in [-0.3, -0.25) is 4.79 Å². The molecule has 0 bridgehead atoms. The third-order valence-corrected chi connectivity index (χ3v) is 3.56. The number of Topliss-reactive ketones (excluding diaryl/α,β-unsaturated/α-hetero) is 1. The van der Waals surface area contributed by atoms with E-state index in [-0.39, 0.29) is 17.4 Å². The summed E-state index contributed by atoms with van der Waals surface area (Å²) < 4.78 is 1.64. The summed E-state index contributed by atoms with van der Waals surface area (Å²) in [4.78, 5) is 22.1. The van der Waals surface area contributed by atoms with Crippen LogP contribution < -0.4 is 0 Å². The van der Waals surface area contributed by atoms with Gasteiger partial charge in [-0.2, -0.15) is 4.68 Å². The average molecular weight is 306 g/mol. The van der Waals surface area contributed by atoms with Crippen LogP contribution in [0, 0.1) is 10.1 Å². The van der Waals surface area contributed by atoms with Crippen molar-refractivity contribution in [3.63, 3.8) is 0 Å². The highest BCUT2D eigenvalue weighted by atomic mass is 35.5. The van der Waals surface area contributed by atoms with Gasteiger partial charge in [0.05, 0.1) is 20.5 Å². The van der Waals surface area contributed by atoms with E-state index in [1.165, 1.54) is 6.20 Å². The zero-order valence-corrected chi connectivity index (χ0v) is 11.0. The van der Waals surface area contributed by atoms with Gasteiger partial charge in [0.25, 0.3) is 0 Å². The van der Waals surface area contributed by atoms with Crippen LogP contribution in [0.25, 0.3) is 0 Å². The first-order chi connectivity index (χ1) is 8.47. The second kappa shape index (κ2) is 5.05. The van der Waals surface area contributed by atoms with Crippen LogP contribution in [0.4, 0.5) is 5.82 Å². The zero-order chi connectivity index (χ0) is 13.3. The summed E-state index contributed by atoms with van der Waals surface area (Å²) in [5.41, 5.74) is 0. The van der Waals surface area contributed by atoms with Crippen molar-refractivity contribution in [1.82, 2.24) is 9.78 Å². The van der Waals surface area contributed by atoms with Crippen molar-refractivity contribution in [3.8, 4) is 0 Å². The first-order valence-corrected chi connectivity index (χ1v) is 6.20. The third kappa shape index (κ3) is 2.69. The number of carbonyl (C=O) groups excluding carboxylic acids is 1. The Hall–Kier alpha value is -1.44. The number of halogens is 2. The molecule has 0 radical (unpaired) electrons. The van der Waals surface area contributed by atoms with E-state index in [0.717, 1.165) is 16.0 Å². The largest absolute Gasteiger partial charge is 0.408 e. The maximum Gasteiger partial charge on any atom is 0.408 e. The number of hydrogen-bond donors (Lipinski definition) is 0. The minimum atomic E-state index is -0.703. The highest BCUT2D eigenvalue weighted by molar-refractivity contribution is 7.18. The molecular weight excluding hydrogens is 301 g/mol. The van der Waals surface area contributed by atoms with Crippen molar-refractivity contribution in [2.45, 2.75) is 6.54 Å². The Morgan fingerprint density at radius 1 is 1.50 bits per heavy atom. The molecule has 0 aliphatic rings. The Balaban J connectivity index is 2.17. The van der Waals surface area contributed by atoms with Crippen LogP contribution in [0.5, 0.6) is 0 Å². The predicted octanol–water partition coefficient (Wildman–Crippen LogP) is 3.04. The molecule has 94 valence electrons. The number of hydrogen-bond acceptors (Lipinski definition) is 5. The SMILES string of the molecule is O=C(Cn1cc(Cl)c([N+](=O)[O-])n1)c1ccc(Cl)s1. The smallest absolute Gasteiger partial charge is 0.358 e. The van der Waals surface area contributed by atoms with Crippen molar-refractivity contribution in [2.75, 3.05) is 0 Å². The lowest BCUT2D eigenvalue weighted by molar-refractivity contribution is -0.389. The molecule has 2 aromatic heterocycles. The van der Waals surface area contributed by atoms with E-state index < -0.39 is 10.7 Å². The van der Waals surface area contributed by atoms with Crippen LogP contribution in [0.15, 0.2) is 18.3 Å². The van der Waals surface area contributed by atoms with Crippen LogP contribution in [-0.4, -0.2) is 20.5 Å². The van der Waals surface area contributed by atoms with Gasteiger partial charge in [-0.1, -0.05) is 23.2 Å². The quantitative estimate of drug-likeness (QED) is 0.494. The molecule has 2 rings (SSSR count). The van der Waals surface area contributed by atoms with Gasteiger partial charge in [0.1, 0.15) is 6.54 Å². The zero-order valence-electron chi connectivity index (χ0n) is 8.67. The molecule has 2 heterocycles. The predicted molar refractivity (Wildman–Crippen MR) is 67.6 cm³/mol. The maximum absolute atomic E-state index is 11.8. The number of thiophene rings is 1. The fourth-order valence-corrected chi connectivity index (χ4v) is 2.47. The summed E-state index contributed by atoms with van der Waals surface area (Å²) in [6.07, 6.45) is 1.24. The van der Waals surface area contributed by atoms with Gasteiger partial charge in [0, 0.05) is 0 Å². The highest BCUT2D eigenvalue weighted by Crippen LogP contribution is 2.24. The average Bonchev–Trinajstić information content (AvgIpc) is 2.85. The molecule has 0 amide bonds. The van der Waals surface area contributed by atoms with Crippen molar-refractivity contribution in [1.29, 1.82) is 0 Å². The van der Waals surface area contributed by atoms with Gasteiger partial charge in [-0.15, -0.1) is 11.3 Å². The van der Waals surface area contributed by atoms with Gasteiger partial charge in [-0.25, -0.2) is 0 Å². The lowest BCUT2D eigenvalue weighted by atomic mass is 10.3. The minimum Gasteiger partial charge on any atom is -0.358 e. The van der Waals surface area contributed by atoms with Gasteiger partial charge >= 0.3 is 5.82 Å². The molecule has 0 fully saturated rings. The van der Waals surface area contributed by atoms with Crippen LogP contribution in [0.2, 0.25) is 9.36 Å². The molecule has 0 aliphatic carbocycles. The number of nitrogens with zero attached hydrogens (tertiary/aromatic N) is 3. The Morgan fingerprint density at radius 2 is 2.22 bits per heavy atom. The Labute approximate surface area is 115 Å². The van der Waals surface area contributed by atoms with E-state index in [1.54, 1.807) is 12.1 Å². The molecule has 6 nitrogen and oxygen atoms in total. The standard InChI is InChI=1S/C9H5Cl2N3O3S/c10-5-3-13(12-9(5)14(16)17)4-6(15)7-1-2-8(11)18-7/h1-3H,4H2. The lowest BCUT2D eigenvalue weighted by Gasteiger charge is -1.93. The summed E-state index contributed by atoms with van der Waals surface area (Å²) >= 11 is 12.5. The Morgan fingerprint density at radius 3 is 2.72 bits per heavy atom. The second-order valence-corrected chi connectivity index (χ2v) is 5.40. The minimum absolute atomic E-state index is 0.1000. The van der Waals surface area contributed by atoms with Gasteiger partial charge in [0.2, 0.25) is 0 Å². The van der Waals surface area contributed by atoms with Crippen molar-refractivity contribution < 1.29 is 9.72 Å². The molecule has 0 aromatic carbocycles. The summed E-state index contributed by atoms with van der Waals surface area (Å²) in [6.45, 7) is -0.121. The van der Waals surface area contributed by atoms with Gasteiger partial charge in [0.15, 0.2) is 10.8 Å². The van der Waals surface area contributed by atoms with E-state index in [0.29, 0.717) is 9.21 Å². The van der Waals surface area contributed by atoms with Crippen LogP contribution in [0.3, 0.4) is 0 Å². The number of carbonyl (C=O) groups is 1. The summed E-state index contributed by atoms with van der Waals surface area (Å²) in [7, 11) is 0. The van der Waals surface area contributed by atoms with Crippen LogP contribution >= 0.6 is 34.5 Å². The Bertz CT molecular complexity index is 622. The topological polar surface area (TPSA) is 78.0 Å². The van der Waals surface area contributed by atoms with Gasteiger partial charge in [-0.05, 0) is 17.1 Å². The number of aromatic nitrogens is 2. The van der Waals surface area contributed by atoms with E-state index in [9.17, 15) is 14.9 Å². The number of nitro groups is 1. The third-order valence-electron chi connectivity index (χ3n) is 2.03. The number of ketones is 1. The molecule has 0 saturated heterocycles.